The average molecular weight is 566 g/mol. The lowest BCUT2D eigenvalue weighted by Gasteiger charge is -2.35. The second-order valence-corrected chi connectivity index (χ2v) is 8.32. The van der Waals surface area contributed by atoms with Crippen molar-refractivity contribution < 1.29 is 9.53 Å². The fourth-order valence-corrected chi connectivity index (χ4v) is 3.81. The van der Waals surface area contributed by atoms with Gasteiger partial charge in [0.25, 0.3) is 5.91 Å². The first kappa shape index (κ1) is 27.1. The summed E-state index contributed by atoms with van der Waals surface area (Å²) in [6.45, 7) is 6.34. The molecule has 0 spiro atoms. The minimum absolute atomic E-state index is 0. The summed E-state index contributed by atoms with van der Waals surface area (Å²) in [7, 11) is 5.78. The summed E-state index contributed by atoms with van der Waals surface area (Å²) in [6, 6.07) is 16.1. The van der Waals surface area contributed by atoms with Crippen LogP contribution in [0, 0.1) is 6.92 Å². The van der Waals surface area contributed by atoms with E-state index in [-0.39, 0.29) is 36.0 Å². The minimum atomic E-state index is -0.0488. The maximum atomic E-state index is 12.4. The maximum Gasteiger partial charge on any atom is 0.251 e. The van der Waals surface area contributed by atoms with Gasteiger partial charge < -0.3 is 25.2 Å². The van der Waals surface area contributed by atoms with E-state index < -0.39 is 0 Å². The third-order valence-corrected chi connectivity index (χ3v) is 5.60. The Morgan fingerprint density at radius 2 is 1.97 bits per heavy atom. The lowest BCUT2D eigenvalue weighted by Crippen LogP contribution is -2.48. The Bertz CT molecular complexity index is 935. The number of carbonyl (C=O) groups excluding carboxylic acids is 1. The number of hydrogen-bond acceptors (Lipinski definition) is 4. The number of halogens is 1. The summed E-state index contributed by atoms with van der Waals surface area (Å²) in [5.41, 5.74) is 4.17. The van der Waals surface area contributed by atoms with E-state index >= 15 is 0 Å². The number of nitrogens with one attached hydrogen (secondary N) is 2. The number of benzene rings is 2. The van der Waals surface area contributed by atoms with Crippen molar-refractivity contribution in [1.82, 2.24) is 20.4 Å². The molecule has 1 unspecified atom stereocenters. The molecule has 2 aromatic rings. The molecule has 8 heteroatoms. The van der Waals surface area contributed by atoms with Gasteiger partial charge in [-0.05, 0) is 49.8 Å². The van der Waals surface area contributed by atoms with E-state index in [4.69, 9.17) is 4.74 Å². The Hall–Kier alpha value is -2.17. The smallest absolute Gasteiger partial charge is 0.251 e. The molecule has 2 N–H and O–H groups in total. The molecule has 1 saturated heterocycles. The van der Waals surface area contributed by atoms with Gasteiger partial charge in [0.2, 0.25) is 0 Å². The van der Waals surface area contributed by atoms with Crippen molar-refractivity contribution in [2.45, 2.75) is 19.6 Å². The Balaban J connectivity index is 0.00000385. The molecule has 0 radical (unpaired) electrons. The first-order chi connectivity index (χ1) is 15.5. The van der Waals surface area contributed by atoms with E-state index in [0.717, 1.165) is 31.2 Å². The van der Waals surface area contributed by atoms with Crippen molar-refractivity contribution in [2.24, 2.45) is 4.99 Å². The molecule has 33 heavy (non-hydrogen) atoms. The van der Waals surface area contributed by atoms with Gasteiger partial charge in [-0.1, -0.05) is 36.4 Å². The zero-order valence-electron chi connectivity index (χ0n) is 20.0. The highest BCUT2D eigenvalue weighted by Crippen LogP contribution is 2.25. The van der Waals surface area contributed by atoms with E-state index in [2.05, 4.69) is 51.7 Å². The van der Waals surface area contributed by atoms with Gasteiger partial charge in [0.1, 0.15) is 6.10 Å². The second-order valence-electron chi connectivity index (χ2n) is 8.32. The van der Waals surface area contributed by atoms with E-state index in [1.807, 2.05) is 43.3 Å². The third-order valence-electron chi connectivity index (χ3n) is 5.60. The van der Waals surface area contributed by atoms with E-state index in [1.165, 1.54) is 11.1 Å². The van der Waals surface area contributed by atoms with Crippen molar-refractivity contribution in [3.63, 3.8) is 0 Å². The van der Waals surface area contributed by atoms with Crippen molar-refractivity contribution in [2.75, 3.05) is 53.9 Å². The Kier molecular flexibility index (Phi) is 11.1. The standard InChI is InChI=1S/C25H35N5O2.HI/c1-19-8-5-6-11-22(19)23-18-30(14-15-32-23)25(26-2)28-17-20-9-7-10-21(16-20)24(31)27-12-13-29(3)4;/h5-11,16,23H,12-15,17-18H2,1-4H3,(H,26,28)(H,27,31);1H. The molecule has 0 aromatic heterocycles. The first-order valence-corrected chi connectivity index (χ1v) is 11.1. The molecule has 0 saturated carbocycles. The van der Waals surface area contributed by atoms with Gasteiger partial charge in [-0.3, -0.25) is 9.79 Å². The molecule has 2 aromatic carbocycles. The number of aliphatic imine (C=N–C) groups is 1. The number of ether oxygens (including phenoxy) is 1. The van der Waals surface area contributed by atoms with Gasteiger partial charge >= 0.3 is 0 Å². The zero-order valence-corrected chi connectivity index (χ0v) is 22.3. The van der Waals surface area contributed by atoms with Crippen LogP contribution in [0.4, 0.5) is 0 Å². The predicted octanol–water partition coefficient (Wildman–Crippen LogP) is 3.05. The van der Waals surface area contributed by atoms with Crippen LogP contribution in [0.25, 0.3) is 0 Å². The molecule has 7 nitrogen and oxygen atoms in total. The monoisotopic (exact) mass is 565 g/mol. The molecule has 0 aliphatic carbocycles. The third kappa shape index (κ3) is 7.97. The molecule has 1 heterocycles. The fraction of sp³-hybridized carbons (Fsp3) is 0.440. The first-order valence-electron chi connectivity index (χ1n) is 11.1. The summed E-state index contributed by atoms with van der Waals surface area (Å²) in [4.78, 5) is 21.2. The van der Waals surface area contributed by atoms with Gasteiger partial charge in [0, 0.05) is 38.8 Å². The van der Waals surface area contributed by atoms with E-state index in [9.17, 15) is 4.79 Å². The predicted molar refractivity (Wildman–Crippen MR) is 144 cm³/mol. The molecule has 1 aliphatic heterocycles. The average Bonchev–Trinajstić information content (AvgIpc) is 2.80. The SMILES string of the molecule is CN=C(NCc1cccc(C(=O)NCCN(C)C)c1)N1CCOC(c2ccccc2C)C1.I. The van der Waals surface area contributed by atoms with Gasteiger partial charge in [0.15, 0.2) is 5.96 Å². The van der Waals surface area contributed by atoms with Crippen molar-refractivity contribution in [3.8, 4) is 0 Å². The maximum absolute atomic E-state index is 12.4. The number of guanidine groups is 1. The quantitative estimate of drug-likeness (QED) is 0.307. The van der Waals surface area contributed by atoms with Crippen molar-refractivity contribution in [3.05, 3.63) is 70.8 Å². The minimum Gasteiger partial charge on any atom is -0.370 e. The van der Waals surface area contributed by atoms with Crippen LogP contribution in [0.5, 0.6) is 0 Å². The Labute approximate surface area is 214 Å². The summed E-state index contributed by atoms with van der Waals surface area (Å²) in [6.07, 6.45) is 0.0256. The summed E-state index contributed by atoms with van der Waals surface area (Å²) >= 11 is 0. The second kappa shape index (κ2) is 13.5. The fourth-order valence-electron chi connectivity index (χ4n) is 3.81. The molecule has 1 amide bonds. The van der Waals surface area contributed by atoms with Crippen LogP contribution in [0.2, 0.25) is 0 Å². The van der Waals surface area contributed by atoms with Crippen LogP contribution >= 0.6 is 24.0 Å². The number of carbonyl (C=O) groups is 1. The van der Waals surface area contributed by atoms with Gasteiger partial charge in [-0.25, -0.2) is 0 Å². The number of morpholine rings is 1. The topological polar surface area (TPSA) is 69.2 Å². The molecular weight excluding hydrogens is 529 g/mol. The van der Waals surface area contributed by atoms with Crippen LogP contribution in [0.3, 0.4) is 0 Å². The van der Waals surface area contributed by atoms with Crippen LogP contribution in [-0.2, 0) is 11.3 Å². The molecule has 1 fully saturated rings. The zero-order chi connectivity index (χ0) is 22.9. The highest BCUT2D eigenvalue weighted by atomic mass is 127. The van der Waals surface area contributed by atoms with Gasteiger partial charge in [-0.15, -0.1) is 24.0 Å². The highest BCUT2D eigenvalue weighted by Gasteiger charge is 2.25. The summed E-state index contributed by atoms with van der Waals surface area (Å²) in [5, 5.41) is 6.41. The van der Waals surface area contributed by atoms with Crippen LogP contribution in [0.15, 0.2) is 53.5 Å². The highest BCUT2D eigenvalue weighted by molar-refractivity contribution is 14.0. The molecule has 1 aliphatic rings. The number of aryl methyl sites for hydroxylation is 1. The van der Waals surface area contributed by atoms with E-state index in [1.54, 1.807) is 7.05 Å². The number of hydrogen-bond donors (Lipinski definition) is 2. The molecular formula is C25H36IN5O2. The van der Waals surface area contributed by atoms with E-state index in [0.29, 0.717) is 25.3 Å². The van der Waals surface area contributed by atoms with Crippen LogP contribution in [-0.4, -0.2) is 75.6 Å². The molecule has 3 rings (SSSR count). The van der Waals surface area contributed by atoms with Crippen molar-refractivity contribution in [1.29, 1.82) is 0 Å². The molecule has 0 bridgehead atoms. The summed E-state index contributed by atoms with van der Waals surface area (Å²) in [5.74, 6) is 0.792. The van der Waals surface area contributed by atoms with Crippen LogP contribution < -0.4 is 10.6 Å². The van der Waals surface area contributed by atoms with Gasteiger partial charge in [0.05, 0.1) is 13.2 Å². The van der Waals surface area contributed by atoms with Crippen LogP contribution in [0.1, 0.15) is 33.2 Å². The number of likely N-dealkylation sites (N-methyl/N-ethyl adjacent to an activating group) is 1. The lowest BCUT2D eigenvalue weighted by molar-refractivity contribution is -0.00834. The number of nitrogens with zero attached hydrogens (tertiary/aromatic N) is 3. The number of rotatable bonds is 7. The molecule has 1 atom stereocenters. The Morgan fingerprint density at radius 1 is 1.18 bits per heavy atom. The number of amides is 1. The lowest BCUT2D eigenvalue weighted by atomic mass is 10.0. The summed E-state index contributed by atoms with van der Waals surface area (Å²) < 4.78 is 6.05. The normalized spacial score (nSPS) is 16.3. The molecule has 180 valence electrons. The van der Waals surface area contributed by atoms with Gasteiger partial charge in [-0.2, -0.15) is 0 Å². The van der Waals surface area contributed by atoms with Crippen molar-refractivity contribution >= 4 is 35.8 Å². The largest absolute Gasteiger partial charge is 0.370 e. The Morgan fingerprint density at radius 3 is 2.70 bits per heavy atom.